The second-order valence-corrected chi connectivity index (χ2v) is 9.10. The number of hydrogen-bond acceptors (Lipinski definition) is 5. The third kappa shape index (κ3) is 3.15. The molecule has 3 aromatic rings. The van der Waals surface area contributed by atoms with Gasteiger partial charge in [0, 0.05) is 44.5 Å². The van der Waals surface area contributed by atoms with Crippen LogP contribution in [0.2, 0.25) is 0 Å². The second kappa shape index (κ2) is 6.54. The molecule has 0 amide bonds. The predicted octanol–water partition coefficient (Wildman–Crippen LogP) is 2.79. The Balaban J connectivity index is 1.91. The summed E-state index contributed by atoms with van der Waals surface area (Å²) in [7, 11) is -0.486. The normalized spacial score (nSPS) is 15.1. The third-order valence-corrected chi connectivity index (χ3v) is 6.76. The molecule has 0 spiro atoms. The summed E-state index contributed by atoms with van der Waals surface area (Å²) in [6.45, 7) is 1.90. The average Bonchev–Trinajstić information content (AvgIpc) is 3.30. The van der Waals surface area contributed by atoms with Crippen LogP contribution in [0.3, 0.4) is 0 Å². The highest BCUT2D eigenvalue weighted by atomic mass is 32.2. The molecule has 7 nitrogen and oxygen atoms in total. The van der Waals surface area contributed by atoms with E-state index < -0.39 is 10.0 Å². The van der Waals surface area contributed by atoms with Crippen molar-refractivity contribution in [3.63, 3.8) is 0 Å². The van der Waals surface area contributed by atoms with Crippen molar-refractivity contribution in [3.05, 3.63) is 36.4 Å². The predicted molar refractivity (Wildman–Crippen MR) is 106 cm³/mol. The van der Waals surface area contributed by atoms with Gasteiger partial charge in [0.1, 0.15) is 0 Å². The van der Waals surface area contributed by atoms with E-state index in [-0.39, 0.29) is 10.8 Å². The maximum Gasteiger partial charge on any atom is 0.242 e. The first-order valence-corrected chi connectivity index (χ1v) is 10.3. The zero-order valence-corrected chi connectivity index (χ0v) is 16.1. The van der Waals surface area contributed by atoms with Gasteiger partial charge in [-0.1, -0.05) is 0 Å². The van der Waals surface area contributed by atoms with Gasteiger partial charge in [-0.15, -0.1) is 0 Å². The Labute approximate surface area is 158 Å². The molecule has 27 heavy (non-hydrogen) atoms. The Hall–Kier alpha value is -2.58. The Bertz CT molecular complexity index is 1100. The Morgan fingerprint density at radius 3 is 2.56 bits per heavy atom. The molecule has 1 aliphatic heterocycles. The summed E-state index contributed by atoms with van der Waals surface area (Å²) in [5.41, 5.74) is 4.02. The van der Waals surface area contributed by atoms with Crippen molar-refractivity contribution in [3.8, 4) is 17.1 Å². The van der Waals surface area contributed by atoms with Gasteiger partial charge in [0.2, 0.25) is 15.9 Å². The minimum Gasteiger partial charge on any atom is -0.493 e. The molecule has 0 atom stereocenters. The fourth-order valence-corrected chi connectivity index (χ4v) is 4.41. The van der Waals surface area contributed by atoms with Gasteiger partial charge < -0.3 is 15.0 Å². The summed E-state index contributed by atoms with van der Waals surface area (Å²) in [5, 5.41) is 9.63. The van der Waals surface area contributed by atoms with Crippen LogP contribution in [0.5, 0.6) is 5.88 Å². The number of nitrogens with one attached hydrogen (secondary N) is 1. The van der Waals surface area contributed by atoms with Crippen LogP contribution in [0.4, 0.5) is 5.69 Å². The molecule has 2 N–H and O–H groups in total. The van der Waals surface area contributed by atoms with Crippen molar-refractivity contribution in [2.75, 3.05) is 32.1 Å². The van der Waals surface area contributed by atoms with Crippen LogP contribution in [0.1, 0.15) is 12.8 Å². The first-order chi connectivity index (χ1) is 12.9. The summed E-state index contributed by atoms with van der Waals surface area (Å²) in [4.78, 5) is 9.96. The number of nitrogens with zero attached hydrogens (tertiary/aromatic N) is 3. The van der Waals surface area contributed by atoms with Crippen molar-refractivity contribution in [1.82, 2.24) is 14.3 Å². The summed E-state index contributed by atoms with van der Waals surface area (Å²) in [6, 6.07) is 10.4. The lowest BCUT2D eigenvalue weighted by molar-refractivity contribution is 0.456. The lowest BCUT2D eigenvalue weighted by Gasteiger charge is -2.22. The summed E-state index contributed by atoms with van der Waals surface area (Å²) < 4.78 is 26.5. The van der Waals surface area contributed by atoms with Gasteiger partial charge in [-0.3, -0.25) is 0 Å². The van der Waals surface area contributed by atoms with Crippen molar-refractivity contribution >= 4 is 26.7 Å². The van der Waals surface area contributed by atoms with E-state index in [2.05, 4.69) is 14.9 Å². The molecular weight excluding hydrogens is 364 g/mol. The summed E-state index contributed by atoms with van der Waals surface area (Å²) in [5.74, 6) is -0.0447. The van der Waals surface area contributed by atoms with Crippen LogP contribution in [0.25, 0.3) is 22.3 Å². The first kappa shape index (κ1) is 17.8. The summed E-state index contributed by atoms with van der Waals surface area (Å²) >= 11 is 0. The van der Waals surface area contributed by atoms with Gasteiger partial charge >= 0.3 is 0 Å². The number of pyridine rings is 1. The lowest BCUT2D eigenvalue weighted by atomic mass is 10.1. The van der Waals surface area contributed by atoms with Gasteiger partial charge in [-0.25, -0.2) is 17.7 Å². The van der Waals surface area contributed by atoms with E-state index >= 15 is 0 Å². The van der Waals surface area contributed by atoms with Crippen LogP contribution >= 0.6 is 0 Å². The van der Waals surface area contributed by atoms with Crippen LogP contribution in [-0.4, -0.2) is 55.0 Å². The highest BCUT2D eigenvalue weighted by Gasteiger charge is 2.23. The molecule has 2 aromatic heterocycles. The molecule has 0 unspecified atom stereocenters. The van der Waals surface area contributed by atoms with E-state index in [1.54, 1.807) is 18.2 Å². The molecule has 142 valence electrons. The van der Waals surface area contributed by atoms with Crippen LogP contribution in [0, 0.1) is 0 Å². The number of hydrogen-bond donors (Lipinski definition) is 2. The first-order valence-electron chi connectivity index (χ1n) is 8.87. The van der Waals surface area contributed by atoms with E-state index in [4.69, 9.17) is 0 Å². The minimum atomic E-state index is -3.54. The van der Waals surface area contributed by atoms with E-state index in [1.807, 2.05) is 12.1 Å². The fraction of sp³-hybridized carbons (Fsp3) is 0.316. The highest BCUT2D eigenvalue weighted by Crippen LogP contribution is 2.36. The topological polar surface area (TPSA) is 89.5 Å². The molecule has 1 aromatic carbocycles. The van der Waals surface area contributed by atoms with E-state index in [1.165, 1.54) is 24.5 Å². The smallest absolute Gasteiger partial charge is 0.242 e. The van der Waals surface area contributed by atoms with Crippen LogP contribution < -0.4 is 4.90 Å². The zero-order chi connectivity index (χ0) is 19.2. The summed E-state index contributed by atoms with van der Waals surface area (Å²) in [6.07, 6.45) is 2.25. The molecule has 1 saturated heterocycles. The quantitative estimate of drug-likeness (QED) is 0.720. The Morgan fingerprint density at radius 2 is 1.85 bits per heavy atom. The third-order valence-electron chi connectivity index (χ3n) is 4.94. The van der Waals surface area contributed by atoms with Gasteiger partial charge in [-0.2, -0.15) is 0 Å². The number of benzene rings is 1. The molecule has 3 heterocycles. The fourth-order valence-electron chi connectivity index (χ4n) is 3.48. The van der Waals surface area contributed by atoms with Crippen molar-refractivity contribution in [1.29, 1.82) is 0 Å². The number of fused-ring (bicyclic) bond motifs is 1. The lowest BCUT2D eigenvalue weighted by Crippen LogP contribution is -2.23. The number of aromatic nitrogens is 2. The Kier molecular flexibility index (Phi) is 4.32. The van der Waals surface area contributed by atoms with Gasteiger partial charge in [0.15, 0.2) is 0 Å². The van der Waals surface area contributed by atoms with Gasteiger partial charge in [-0.05, 0) is 43.2 Å². The minimum absolute atomic E-state index is 0.0447. The number of aromatic amines is 1. The van der Waals surface area contributed by atoms with Crippen LogP contribution in [-0.2, 0) is 10.0 Å². The van der Waals surface area contributed by atoms with Crippen molar-refractivity contribution < 1.29 is 13.5 Å². The molecule has 8 heteroatoms. The molecule has 0 aliphatic carbocycles. The van der Waals surface area contributed by atoms with E-state index in [9.17, 15) is 13.5 Å². The SMILES string of the molecule is CN(C)S(=O)(=O)c1ccc(N2CCCC2)c(-c2cc3nc(O)ccc3[nH]2)c1. The number of anilines is 1. The van der Waals surface area contributed by atoms with Gasteiger partial charge in [0.05, 0.1) is 21.6 Å². The van der Waals surface area contributed by atoms with Crippen molar-refractivity contribution in [2.45, 2.75) is 17.7 Å². The molecular formula is C19H22N4O3S. The molecule has 0 saturated carbocycles. The maximum absolute atomic E-state index is 12.6. The van der Waals surface area contributed by atoms with E-state index in [0.29, 0.717) is 5.52 Å². The van der Waals surface area contributed by atoms with Gasteiger partial charge in [0.25, 0.3) is 0 Å². The molecule has 1 aliphatic rings. The van der Waals surface area contributed by atoms with E-state index in [0.717, 1.165) is 48.4 Å². The largest absolute Gasteiger partial charge is 0.493 e. The number of sulfonamides is 1. The Morgan fingerprint density at radius 1 is 1.11 bits per heavy atom. The molecule has 0 bridgehead atoms. The standard InChI is InChI=1S/C19H22N4O3S/c1-22(2)27(25,26)13-5-7-18(23-9-3-4-10-23)14(11-13)16-12-17-15(20-16)6-8-19(24)21-17/h5-8,11-12,20H,3-4,9-10H2,1-2H3,(H,21,24). The monoisotopic (exact) mass is 386 g/mol. The second-order valence-electron chi connectivity index (χ2n) is 6.95. The zero-order valence-electron chi connectivity index (χ0n) is 15.3. The average molecular weight is 386 g/mol. The number of rotatable bonds is 4. The molecule has 0 radical (unpaired) electrons. The number of H-pyrrole nitrogens is 1. The van der Waals surface area contributed by atoms with Crippen LogP contribution in [0.15, 0.2) is 41.3 Å². The molecule has 1 fully saturated rings. The molecule has 4 rings (SSSR count). The highest BCUT2D eigenvalue weighted by molar-refractivity contribution is 7.89. The number of aromatic hydroxyl groups is 1. The van der Waals surface area contributed by atoms with Crippen molar-refractivity contribution in [2.24, 2.45) is 0 Å². The maximum atomic E-state index is 12.6.